The zero-order chi connectivity index (χ0) is 25.1. The first-order valence-electron chi connectivity index (χ1n) is 9.71. The van der Waals surface area contributed by atoms with Crippen molar-refractivity contribution in [2.75, 3.05) is 5.01 Å². The van der Waals surface area contributed by atoms with Gasteiger partial charge in [-0.2, -0.15) is 10.1 Å². The summed E-state index contributed by atoms with van der Waals surface area (Å²) in [5.74, 6) is -12.0. The molecule has 1 aromatic heterocycles. The fraction of sp³-hybridized carbons (Fsp3) is 0.130. The van der Waals surface area contributed by atoms with E-state index in [1.165, 1.54) is 13.0 Å². The van der Waals surface area contributed by atoms with E-state index >= 15 is 0 Å². The molecule has 34 heavy (non-hydrogen) atoms. The number of carbonyl (C=O) groups is 1. The van der Waals surface area contributed by atoms with Crippen LogP contribution >= 0.6 is 23.2 Å². The molecule has 3 aromatic rings. The van der Waals surface area contributed by atoms with Gasteiger partial charge in [0.2, 0.25) is 5.82 Å². The zero-order valence-corrected chi connectivity index (χ0v) is 19.3. The quantitative estimate of drug-likeness (QED) is 0.162. The summed E-state index contributed by atoms with van der Waals surface area (Å²) in [6.45, 7) is 4.97. The second kappa shape index (κ2) is 8.56. The van der Waals surface area contributed by atoms with Gasteiger partial charge in [-0.25, -0.2) is 22.0 Å². The number of aryl methyl sites for hydroxylation is 1. The van der Waals surface area contributed by atoms with Gasteiger partial charge in [0, 0.05) is 17.1 Å². The Morgan fingerprint density at radius 1 is 0.853 bits per heavy atom. The Labute approximate surface area is 200 Å². The van der Waals surface area contributed by atoms with Gasteiger partial charge in [-0.15, -0.1) is 0 Å². The Hall–Kier alpha value is -3.17. The minimum absolute atomic E-state index is 0.0354. The Kier molecular flexibility index (Phi) is 6.03. The lowest BCUT2D eigenvalue weighted by molar-refractivity contribution is -0.114. The Morgan fingerprint density at radius 2 is 1.44 bits per heavy atom. The van der Waals surface area contributed by atoms with Crippen LogP contribution in [0.2, 0.25) is 10.0 Å². The Morgan fingerprint density at radius 3 is 2.03 bits per heavy atom. The summed E-state index contributed by atoms with van der Waals surface area (Å²) in [6.07, 6.45) is 1.43. The Bertz CT molecular complexity index is 1420. The van der Waals surface area contributed by atoms with E-state index in [0.717, 1.165) is 5.69 Å². The van der Waals surface area contributed by atoms with Crippen molar-refractivity contribution < 1.29 is 26.7 Å². The van der Waals surface area contributed by atoms with Crippen molar-refractivity contribution in [3.8, 4) is 5.69 Å². The molecular formula is C23H14Cl2F5N3O. The molecule has 0 fully saturated rings. The summed E-state index contributed by atoms with van der Waals surface area (Å²) in [6, 6.07) is 6.81. The molecule has 0 atom stereocenters. The number of halogens is 7. The minimum Gasteiger partial charge on any atom is -0.318 e. The fourth-order valence-corrected chi connectivity index (χ4v) is 4.02. The summed E-state index contributed by atoms with van der Waals surface area (Å²) in [5, 5.41) is 4.65. The van der Waals surface area contributed by atoms with Gasteiger partial charge in [0.05, 0.1) is 21.3 Å². The van der Waals surface area contributed by atoms with Crippen LogP contribution in [-0.4, -0.2) is 16.2 Å². The number of anilines is 1. The highest BCUT2D eigenvalue weighted by molar-refractivity contribution is 6.42. The van der Waals surface area contributed by atoms with Crippen molar-refractivity contribution >= 4 is 46.6 Å². The normalized spacial score (nSPS) is 15.0. The summed E-state index contributed by atoms with van der Waals surface area (Å²) in [4.78, 5) is 12.9. The third kappa shape index (κ3) is 3.69. The number of amides is 1. The largest absolute Gasteiger partial charge is 0.318 e. The first-order valence-corrected chi connectivity index (χ1v) is 10.5. The van der Waals surface area contributed by atoms with Crippen molar-refractivity contribution in [2.45, 2.75) is 20.8 Å². The zero-order valence-electron chi connectivity index (χ0n) is 17.8. The van der Waals surface area contributed by atoms with Crippen molar-refractivity contribution in [1.82, 2.24) is 4.57 Å². The minimum atomic E-state index is -2.32. The van der Waals surface area contributed by atoms with E-state index in [1.54, 1.807) is 31.2 Å². The van der Waals surface area contributed by atoms with E-state index in [1.807, 2.05) is 11.5 Å². The third-order valence-electron chi connectivity index (χ3n) is 5.39. The van der Waals surface area contributed by atoms with E-state index in [-0.39, 0.29) is 16.3 Å². The maximum atomic E-state index is 14.3. The number of benzene rings is 2. The molecule has 11 heteroatoms. The van der Waals surface area contributed by atoms with Crippen LogP contribution < -0.4 is 5.01 Å². The molecule has 0 unspecified atom stereocenters. The van der Waals surface area contributed by atoms with Gasteiger partial charge in [-0.05, 0) is 56.7 Å². The van der Waals surface area contributed by atoms with Crippen LogP contribution in [0.4, 0.5) is 27.6 Å². The molecule has 0 N–H and O–H groups in total. The predicted octanol–water partition coefficient (Wildman–Crippen LogP) is 6.90. The molecule has 0 bridgehead atoms. The van der Waals surface area contributed by atoms with E-state index in [2.05, 4.69) is 5.10 Å². The standard InChI is InChI=1S/C23H14Cl2F5N3O/c1-9-6-12(11(3)32(9)13-4-5-15(24)16(25)8-13)7-14-10(2)31-33(23(14)34)22-20(29)18(27)17(26)19(28)21(22)30/h4-8H,1-3H3/b14-7-. The maximum absolute atomic E-state index is 14.3. The fourth-order valence-electron chi connectivity index (χ4n) is 3.73. The first-order chi connectivity index (χ1) is 15.9. The van der Waals surface area contributed by atoms with Crippen LogP contribution in [0, 0.1) is 42.9 Å². The number of carbonyl (C=O) groups excluding carboxylic acids is 1. The smallest absolute Gasteiger partial charge is 0.280 e. The SMILES string of the molecule is CC1=NN(c2c(F)c(F)c(F)c(F)c2F)C(=O)/C1=C\c1cc(C)n(-c2ccc(Cl)c(Cl)c2)c1C. The molecule has 4 rings (SSSR count). The number of hydrazone groups is 1. The summed E-state index contributed by atoms with van der Waals surface area (Å²) in [7, 11) is 0. The summed E-state index contributed by atoms with van der Waals surface area (Å²) in [5.41, 5.74) is 1.27. The molecule has 1 amide bonds. The second-order valence-corrected chi connectivity index (χ2v) is 8.35. The van der Waals surface area contributed by atoms with Crippen LogP contribution in [0.3, 0.4) is 0 Å². The molecular weight excluding hydrogens is 500 g/mol. The molecule has 4 nitrogen and oxygen atoms in total. The first kappa shape index (κ1) is 24.0. The van der Waals surface area contributed by atoms with Crippen LogP contribution in [0.15, 0.2) is 34.9 Å². The number of rotatable bonds is 3. The number of hydrogen-bond donors (Lipinski definition) is 0. The molecule has 0 aliphatic carbocycles. The van der Waals surface area contributed by atoms with Crippen LogP contribution in [-0.2, 0) is 4.79 Å². The molecule has 2 heterocycles. The predicted molar refractivity (Wildman–Crippen MR) is 120 cm³/mol. The maximum Gasteiger partial charge on any atom is 0.280 e. The van der Waals surface area contributed by atoms with E-state index < -0.39 is 40.7 Å². The van der Waals surface area contributed by atoms with Crippen LogP contribution in [0.25, 0.3) is 11.8 Å². The van der Waals surface area contributed by atoms with Gasteiger partial charge in [-0.3, -0.25) is 4.79 Å². The number of hydrogen-bond acceptors (Lipinski definition) is 2. The van der Waals surface area contributed by atoms with Crippen molar-refractivity contribution in [2.24, 2.45) is 5.10 Å². The summed E-state index contributed by atoms with van der Waals surface area (Å²) >= 11 is 12.1. The highest BCUT2D eigenvalue weighted by Crippen LogP contribution is 2.35. The molecule has 0 saturated carbocycles. The average Bonchev–Trinajstić information content (AvgIpc) is 3.22. The highest BCUT2D eigenvalue weighted by Gasteiger charge is 2.37. The van der Waals surface area contributed by atoms with E-state index in [0.29, 0.717) is 27.0 Å². The summed E-state index contributed by atoms with van der Waals surface area (Å²) < 4.78 is 71.1. The Balaban J connectivity index is 1.78. The lowest BCUT2D eigenvalue weighted by atomic mass is 10.1. The van der Waals surface area contributed by atoms with Gasteiger partial charge in [0.1, 0.15) is 5.69 Å². The van der Waals surface area contributed by atoms with Crippen LogP contribution in [0.1, 0.15) is 23.9 Å². The second-order valence-electron chi connectivity index (χ2n) is 7.54. The topological polar surface area (TPSA) is 37.6 Å². The molecule has 2 aromatic carbocycles. The lowest BCUT2D eigenvalue weighted by Gasteiger charge is -2.15. The molecule has 176 valence electrons. The van der Waals surface area contributed by atoms with Gasteiger partial charge in [0.25, 0.3) is 5.91 Å². The number of nitrogens with zero attached hydrogens (tertiary/aromatic N) is 3. The van der Waals surface area contributed by atoms with Crippen molar-refractivity contribution in [3.05, 3.63) is 85.9 Å². The molecule has 0 radical (unpaired) electrons. The lowest BCUT2D eigenvalue weighted by Crippen LogP contribution is -2.25. The van der Waals surface area contributed by atoms with Gasteiger partial charge in [-0.1, -0.05) is 23.2 Å². The van der Waals surface area contributed by atoms with E-state index in [4.69, 9.17) is 23.2 Å². The molecule has 1 aliphatic heterocycles. The molecule has 0 spiro atoms. The van der Waals surface area contributed by atoms with Crippen molar-refractivity contribution in [1.29, 1.82) is 0 Å². The average molecular weight is 514 g/mol. The van der Waals surface area contributed by atoms with E-state index in [9.17, 15) is 26.7 Å². The number of aromatic nitrogens is 1. The van der Waals surface area contributed by atoms with Gasteiger partial charge >= 0.3 is 0 Å². The van der Waals surface area contributed by atoms with Crippen molar-refractivity contribution in [3.63, 3.8) is 0 Å². The van der Waals surface area contributed by atoms with Gasteiger partial charge in [0.15, 0.2) is 23.3 Å². The monoisotopic (exact) mass is 513 g/mol. The third-order valence-corrected chi connectivity index (χ3v) is 6.13. The molecule has 0 saturated heterocycles. The van der Waals surface area contributed by atoms with Gasteiger partial charge < -0.3 is 4.57 Å². The molecule has 1 aliphatic rings. The van der Waals surface area contributed by atoms with Crippen LogP contribution in [0.5, 0.6) is 0 Å². The highest BCUT2D eigenvalue weighted by atomic mass is 35.5.